The Morgan fingerprint density at radius 3 is 2.87 bits per heavy atom. The Bertz CT molecular complexity index is 860. The Labute approximate surface area is 138 Å². The molecule has 1 aliphatic rings. The minimum atomic E-state index is -3.41. The summed E-state index contributed by atoms with van der Waals surface area (Å²) in [5.41, 5.74) is 2.22. The van der Waals surface area contributed by atoms with E-state index in [1.165, 1.54) is 12.3 Å². The van der Waals surface area contributed by atoms with Gasteiger partial charge in [0, 0.05) is 49.6 Å². The average Bonchev–Trinajstić information content (AvgIpc) is 2.49. The third kappa shape index (κ3) is 3.65. The van der Waals surface area contributed by atoms with Crippen LogP contribution in [0.15, 0.2) is 23.6 Å². The van der Waals surface area contributed by atoms with E-state index in [2.05, 4.69) is 19.9 Å². The summed E-state index contributed by atoms with van der Waals surface area (Å²) in [4.78, 5) is 13.9. The maximum Gasteiger partial charge on any atom is 0.246 e. The molecule has 122 valence electrons. The van der Waals surface area contributed by atoms with Gasteiger partial charge in [-0.15, -0.1) is 0 Å². The van der Waals surface area contributed by atoms with Crippen LogP contribution in [0.25, 0.3) is 0 Å². The number of hydrogen-bond acceptors (Lipinski definition) is 6. The van der Waals surface area contributed by atoms with Gasteiger partial charge in [0.05, 0.1) is 11.9 Å². The summed E-state index contributed by atoms with van der Waals surface area (Å²) in [6.07, 6.45) is 4.30. The van der Waals surface area contributed by atoms with Gasteiger partial charge < -0.3 is 0 Å². The molecule has 3 heterocycles. The zero-order valence-corrected chi connectivity index (χ0v) is 13.9. The van der Waals surface area contributed by atoms with E-state index in [1.807, 2.05) is 0 Å². The fourth-order valence-corrected chi connectivity index (χ4v) is 3.17. The molecule has 0 amide bonds. The number of aromatic nitrogens is 3. The summed E-state index contributed by atoms with van der Waals surface area (Å²) >= 11 is 5.99. The van der Waals surface area contributed by atoms with Crippen LogP contribution in [0.2, 0.25) is 5.15 Å². The zero-order chi connectivity index (χ0) is 16.6. The number of halogens is 2. The van der Waals surface area contributed by atoms with Crippen molar-refractivity contribution in [1.29, 1.82) is 0 Å². The number of rotatable bonds is 3. The lowest BCUT2D eigenvalue weighted by Gasteiger charge is -2.28. The van der Waals surface area contributed by atoms with E-state index in [1.54, 1.807) is 0 Å². The topological polar surface area (TPSA) is 76.1 Å². The monoisotopic (exact) mass is 356 g/mol. The minimum Gasteiger partial charge on any atom is -0.294 e. The summed E-state index contributed by atoms with van der Waals surface area (Å²) in [5.74, 6) is -0.428. The Balaban J connectivity index is 1.79. The smallest absolute Gasteiger partial charge is 0.246 e. The van der Waals surface area contributed by atoms with Gasteiger partial charge in [0.1, 0.15) is 11.0 Å². The molecule has 0 saturated heterocycles. The van der Waals surface area contributed by atoms with E-state index >= 15 is 0 Å². The molecule has 0 radical (unpaired) electrons. The van der Waals surface area contributed by atoms with Crippen LogP contribution in [-0.2, 0) is 29.3 Å². The lowest BCUT2D eigenvalue weighted by atomic mass is 10.1. The fourth-order valence-electron chi connectivity index (χ4n) is 2.49. The molecule has 0 unspecified atom stereocenters. The van der Waals surface area contributed by atoms with Crippen LogP contribution in [-0.4, -0.2) is 41.1 Å². The predicted molar refractivity (Wildman–Crippen MR) is 82.2 cm³/mol. The lowest BCUT2D eigenvalue weighted by molar-refractivity contribution is 0.241. The molecule has 0 aromatic carbocycles. The molecule has 1 aliphatic heterocycles. The minimum absolute atomic E-state index is 0.151. The molecule has 0 N–H and O–H groups in total. The predicted octanol–water partition coefficient (Wildman–Crippen LogP) is 1.63. The highest BCUT2D eigenvalue weighted by atomic mass is 35.5. The van der Waals surface area contributed by atoms with Crippen molar-refractivity contribution in [3.05, 3.63) is 46.3 Å². The van der Waals surface area contributed by atoms with E-state index in [-0.39, 0.29) is 10.3 Å². The molecule has 0 bridgehead atoms. The van der Waals surface area contributed by atoms with Crippen LogP contribution >= 0.6 is 11.6 Å². The van der Waals surface area contributed by atoms with E-state index in [9.17, 15) is 12.8 Å². The summed E-state index contributed by atoms with van der Waals surface area (Å²) in [6.45, 7) is 1.67. The second kappa shape index (κ2) is 6.10. The van der Waals surface area contributed by atoms with Gasteiger partial charge in [-0.25, -0.2) is 27.8 Å². The standard InChI is InChI=1S/C14H14ClFN4O2S/c1-23(21,22)14-18-5-10-8-20(3-2-12(10)19-14)7-9-4-11(16)6-17-13(9)15/h4-6H,2-3,7-8H2,1H3. The first-order valence-electron chi connectivity index (χ1n) is 6.90. The zero-order valence-electron chi connectivity index (χ0n) is 12.3. The van der Waals surface area contributed by atoms with Gasteiger partial charge in [-0.3, -0.25) is 4.90 Å². The normalized spacial score (nSPS) is 15.4. The van der Waals surface area contributed by atoms with Crippen LogP contribution in [0, 0.1) is 5.82 Å². The van der Waals surface area contributed by atoms with Gasteiger partial charge in [0.2, 0.25) is 15.0 Å². The molecule has 0 spiro atoms. The first-order chi connectivity index (χ1) is 10.8. The van der Waals surface area contributed by atoms with Crippen molar-refractivity contribution in [3.63, 3.8) is 0 Å². The van der Waals surface area contributed by atoms with Crippen molar-refractivity contribution >= 4 is 21.4 Å². The Morgan fingerprint density at radius 2 is 2.13 bits per heavy atom. The van der Waals surface area contributed by atoms with Crippen LogP contribution in [0.4, 0.5) is 4.39 Å². The van der Waals surface area contributed by atoms with Crippen LogP contribution in [0.3, 0.4) is 0 Å². The SMILES string of the molecule is CS(=O)(=O)c1ncc2c(n1)CCN(Cc1cc(F)cnc1Cl)C2. The molecule has 3 rings (SSSR count). The number of hydrogen-bond donors (Lipinski definition) is 0. The van der Waals surface area contributed by atoms with Gasteiger partial charge in [-0.05, 0) is 6.07 Å². The molecular formula is C14H14ClFN4O2S. The molecule has 23 heavy (non-hydrogen) atoms. The first-order valence-corrected chi connectivity index (χ1v) is 9.17. The Morgan fingerprint density at radius 1 is 1.35 bits per heavy atom. The number of nitrogens with zero attached hydrogens (tertiary/aromatic N) is 4. The van der Waals surface area contributed by atoms with Crippen LogP contribution in [0.1, 0.15) is 16.8 Å². The van der Waals surface area contributed by atoms with Gasteiger partial charge in [0.25, 0.3) is 0 Å². The number of sulfone groups is 1. The largest absolute Gasteiger partial charge is 0.294 e. The van der Waals surface area contributed by atoms with Crippen molar-refractivity contribution in [2.24, 2.45) is 0 Å². The third-order valence-corrected chi connectivity index (χ3v) is 4.80. The Hall–Kier alpha value is -1.64. The summed E-state index contributed by atoms with van der Waals surface area (Å²) in [7, 11) is -3.41. The van der Waals surface area contributed by atoms with Crippen molar-refractivity contribution in [2.45, 2.75) is 24.7 Å². The van der Waals surface area contributed by atoms with Gasteiger partial charge in [0.15, 0.2) is 0 Å². The second-order valence-electron chi connectivity index (χ2n) is 5.46. The van der Waals surface area contributed by atoms with E-state index in [0.717, 1.165) is 23.7 Å². The molecular weight excluding hydrogens is 343 g/mol. The molecule has 6 nitrogen and oxygen atoms in total. The maximum atomic E-state index is 13.3. The first kappa shape index (κ1) is 16.2. The maximum absolute atomic E-state index is 13.3. The van der Waals surface area contributed by atoms with Crippen molar-refractivity contribution in [1.82, 2.24) is 19.9 Å². The van der Waals surface area contributed by atoms with Crippen LogP contribution < -0.4 is 0 Å². The highest BCUT2D eigenvalue weighted by Gasteiger charge is 2.21. The van der Waals surface area contributed by atoms with E-state index in [0.29, 0.717) is 31.6 Å². The van der Waals surface area contributed by atoms with E-state index in [4.69, 9.17) is 11.6 Å². The van der Waals surface area contributed by atoms with Gasteiger partial charge >= 0.3 is 0 Å². The molecule has 0 saturated carbocycles. The van der Waals surface area contributed by atoms with Crippen molar-refractivity contribution in [3.8, 4) is 0 Å². The molecule has 2 aromatic heterocycles. The number of fused-ring (bicyclic) bond motifs is 1. The quantitative estimate of drug-likeness (QED) is 0.614. The second-order valence-corrected chi connectivity index (χ2v) is 7.73. The van der Waals surface area contributed by atoms with Crippen molar-refractivity contribution < 1.29 is 12.8 Å². The van der Waals surface area contributed by atoms with E-state index < -0.39 is 15.7 Å². The average molecular weight is 357 g/mol. The van der Waals surface area contributed by atoms with Crippen molar-refractivity contribution in [2.75, 3.05) is 12.8 Å². The molecule has 2 aromatic rings. The molecule has 0 aliphatic carbocycles. The highest BCUT2D eigenvalue weighted by Crippen LogP contribution is 2.22. The van der Waals surface area contributed by atoms with Gasteiger partial charge in [-0.2, -0.15) is 0 Å². The fraction of sp³-hybridized carbons (Fsp3) is 0.357. The number of pyridine rings is 1. The summed E-state index contributed by atoms with van der Waals surface area (Å²) in [6, 6.07) is 1.37. The molecule has 0 fully saturated rings. The lowest BCUT2D eigenvalue weighted by Crippen LogP contribution is -2.31. The van der Waals surface area contributed by atoms with Gasteiger partial charge in [-0.1, -0.05) is 11.6 Å². The molecule has 0 atom stereocenters. The summed E-state index contributed by atoms with van der Waals surface area (Å²) in [5, 5.41) is 0.128. The Kier molecular flexibility index (Phi) is 4.31. The third-order valence-electron chi connectivity index (χ3n) is 3.59. The molecule has 9 heteroatoms. The highest BCUT2D eigenvalue weighted by molar-refractivity contribution is 7.90. The van der Waals surface area contributed by atoms with Crippen LogP contribution in [0.5, 0.6) is 0 Å². The summed E-state index contributed by atoms with van der Waals surface area (Å²) < 4.78 is 36.3.